The largest absolute Gasteiger partial charge is 0.385 e. The maximum atomic E-state index is 5.19. The maximum absolute atomic E-state index is 5.19. The molecule has 0 aromatic carbocycles. The molecule has 0 aliphatic carbocycles. The Hall–Kier alpha value is -0.160. The summed E-state index contributed by atoms with van der Waals surface area (Å²) in [6.07, 6.45) is 2.25. The van der Waals surface area contributed by atoms with E-state index in [9.17, 15) is 0 Å². The molecule has 0 spiro atoms. The predicted octanol–water partition coefficient (Wildman–Crippen LogP) is 1.75. The van der Waals surface area contributed by atoms with Gasteiger partial charge in [0.05, 0.1) is 6.61 Å². The second kappa shape index (κ2) is 11.9. The normalized spacial score (nSPS) is 15.0. The van der Waals surface area contributed by atoms with Gasteiger partial charge in [-0.05, 0) is 33.2 Å². The van der Waals surface area contributed by atoms with Gasteiger partial charge in [0, 0.05) is 46.0 Å². The van der Waals surface area contributed by atoms with Crippen LogP contribution in [0.25, 0.3) is 0 Å². The van der Waals surface area contributed by atoms with Crippen LogP contribution in [0.4, 0.5) is 0 Å². The van der Waals surface area contributed by atoms with E-state index in [1.807, 2.05) is 0 Å². The highest BCUT2D eigenvalue weighted by Gasteiger charge is 2.15. The van der Waals surface area contributed by atoms with E-state index in [-0.39, 0.29) is 0 Å². The van der Waals surface area contributed by atoms with Crippen molar-refractivity contribution in [2.75, 3.05) is 47.1 Å². The van der Waals surface area contributed by atoms with E-state index >= 15 is 0 Å². The summed E-state index contributed by atoms with van der Waals surface area (Å²) in [5.41, 5.74) is 0. The summed E-state index contributed by atoms with van der Waals surface area (Å²) >= 11 is 0. The molecule has 0 aliphatic rings. The average Bonchev–Trinajstić information content (AvgIpc) is 2.33. The molecule has 1 N–H and O–H groups in total. The van der Waals surface area contributed by atoms with Gasteiger partial charge in [-0.25, -0.2) is 0 Å². The first-order chi connectivity index (χ1) is 8.65. The third kappa shape index (κ3) is 8.86. The number of nitrogens with zero attached hydrogens (tertiary/aromatic N) is 1. The molecular weight excluding hydrogens is 228 g/mol. The smallest absolute Gasteiger partial charge is 0.0589 e. The molecule has 4 heteroatoms. The summed E-state index contributed by atoms with van der Waals surface area (Å²) < 4.78 is 10.3. The Balaban J connectivity index is 4.07. The highest BCUT2D eigenvalue weighted by atomic mass is 16.5. The zero-order valence-corrected chi connectivity index (χ0v) is 12.9. The number of hydrogen-bond acceptors (Lipinski definition) is 4. The molecule has 0 saturated carbocycles. The van der Waals surface area contributed by atoms with Crippen molar-refractivity contribution in [3.63, 3.8) is 0 Å². The molecule has 0 radical (unpaired) electrons. The molecule has 4 nitrogen and oxygen atoms in total. The summed E-state index contributed by atoms with van der Waals surface area (Å²) in [6.45, 7) is 11.5. The molecule has 0 heterocycles. The van der Waals surface area contributed by atoms with Gasteiger partial charge in [-0.1, -0.05) is 6.92 Å². The molecule has 0 aliphatic heterocycles. The van der Waals surface area contributed by atoms with Gasteiger partial charge in [-0.2, -0.15) is 0 Å². The van der Waals surface area contributed by atoms with Crippen molar-refractivity contribution < 1.29 is 9.47 Å². The van der Waals surface area contributed by atoms with E-state index < -0.39 is 0 Å². The summed E-state index contributed by atoms with van der Waals surface area (Å²) in [6, 6.07) is 1.14. The van der Waals surface area contributed by atoms with E-state index in [2.05, 4.69) is 31.0 Å². The third-order valence-corrected chi connectivity index (χ3v) is 3.25. The van der Waals surface area contributed by atoms with Crippen LogP contribution in [0, 0.1) is 0 Å². The average molecular weight is 260 g/mol. The first kappa shape index (κ1) is 17.8. The quantitative estimate of drug-likeness (QED) is 0.542. The lowest BCUT2D eigenvalue weighted by molar-refractivity contribution is 0.105. The second-order valence-corrected chi connectivity index (χ2v) is 4.92. The van der Waals surface area contributed by atoms with Gasteiger partial charge in [-0.15, -0.1) is 0 Å². The Kier molecular flexibility index (Phi) is 11.8. The van der Waals surface area contributed by atoms with Crippen molar-refractivity contribution in [1.29, 1.82) is 0 Å². The number of hydrogen-bond donors (Lipinski definition) is 1. The molecule has 0 aromatic heterocycles. The lowest BCUT2D eigenvalue weighted by Crippen LogP contribution is -2.41. The Labute approximate surface area is 113 Å². The highest BCUT2D eigenvalue weighted by molar-refractivity contribution is 4.73. The molecule has 0 amide bonds. The van der Waals surface area contributed by atoms with Crippen molar-refractivity contribution in [3.8, 4) is 0 Å². The fourth-order valence-electron chi connectivity index (χ4n) is 2.27. The SMILES string of the molecule is CCNC(C)CC(C)N(CCCOC)CCOC. The van der Waals surface area contributed by atoms with Crippen molar-refractivity contribution in [2.24, 2.45) is 0 Å². The molecule has 0 fully saturated rings. The van der Waals surface area contributed by atoms with Gasteiger partial charge in [0.25, 0.3) is 0 Å². The topological polar surface area (TPSA) is 33.7 Å². The number of nitrogens with one attached hydrogen (secondary N) is 1. The molecular formula is C14H32N2O2. The highest BCUT2D eigenvalue weighted by Crippen LogP contribution is 2.08. The van der Waals surface area contributed by atoms with Crippen molar-refractivity contribution in [2.45, 2.75) is 45.7 Å². The second-order valence-electron chi connectivity index (χ2n) is 4.92. The van der Waals surface area contributed by atoms with Crippen LogP contribution < -0.4 is 5.32 Å². The number of ether oxygens (including phenoxy) is 2. The molecule has 18 heavy (non-hydrogen) atoms. The molecule has 2 atom stereocenters. The summed E-state index contributed by atoms with van der Waals surface area (Å²) in [5, 5.41) is 3.47. The fraction of sp³-hybridized carbons (Fsp3) is 1.00. The van der Waals surface area contributed by atoms with Crippen LogP contribution in [0.2, 0.25) is 0 Å². The van der Waals surface area contributed by atoms with E-state index in [1.165, 1.54) is 6.42 Å². The maximum Gasteiger partial charge on any atom is 0.0589 e. The summed E-state index contributed by atoms with van der Waals surface area (Å²) in [4.78, 5) is 2.50. The van der Waals surface area contributed by atoms with E-state index in [0.29, 0.717) is 12.1 Å². The van der Waals surface area contributed by atoms with Crippen LogP contribution >= 0.6 is 0 Å². The first-order valence-corrected chi connectivity index (χ1v) is 7.11. The first-order valence-electron chi connectivity index (χ1n) is 7.11. The van der Waals surface area contributed by atoms with Crippen LogP contribution in [0.1, 0.15) is 33.6 Å². The monoisotopic (exact) mass is 260 g/mol. The van der Waals surface area contributed by atoms with E-state index in [0.717, 1.165) is 39.3 Å². The van der Waals surface area contributed by atoms with E-state index in [4.69, 9.17) is 9.47 Å². The lowest BCUT2D eigenvalue weighted by Gasteiger charge is -2.31. The van der Waals surface area contributed by atoms with Gasteiger partial charge in [-0.3, -0.25) is 4.90 Å². The molecule has 0 rings (SSSR count). The van der Waals surface area contributed by atoms with Gasteiger partial charge < -0.3 is 14.8 Å². The van der Waals surface area contributed by atoms with Crippen LogP contribution in [0.3, 0.4) is 0 Å². The van der Waals surface area contributed by atoms with Crippen LogP contribution in [-0.4, -0.2) is 64.1 Å². The number of methoxy groups -OCH3 is 2. The minimum absolute atomic E-state index is 0.567. The van der Waals surface area contributed by atoms with Crippen LogP contribution in [0.15, 0.2) is 0 Å². The fourth-order valence-corrected chi connectivity index (χ4v) is 2.27. The van der Waals surface area contributed by atoms with Gasteiger partial charge in [0.1, 0.15) is 0 Å². The van der Waals surface area contributed by atoms with Crippen molar-refractivity contribution in [1.82, 2.24) is 10.2 Å². The Morgan fingerprint density at radius 1 is 1.06 bits per heavy atom. The Morgan fingerprint density at radius 2 is 1.72 bits per heavy atom. The molecule has 0 aromatic rings. The Bertz CT molecular complexity index is 179. The lowest BCUT2D eigenvalue weighted by atomic mass is 10.1. The standard InChI is InChI=1S/C14H32N2O2/c1-6-15-13(2)12-14(3)16(9-11-18-5)8-7-10-17-4/h13-15H,6-12H2,1-5H3. The van der Waals surface area contributed by atoms with Crippen molar-refractivity contribution in [3.05, 3.63) is 0 Å². The zero-order chi connectivity index (χ0) is 13.8. The number of rotatable bonds is 12. The van der Waals surface area contributed by atoms with Crippen molar-refractivity contribution >= 4 is 0 Å². The van der Waals surface area contributed by atoms with E-state index in [1.54, 1.807) is 14.2 Å². The summed E-state index contributed by atoms with van der Waals surface area (Å²) in [5.74, 6) is 0. The zero-order valence-electron chi connectivity index (χ0n) is 12.9. The molecule has 2 unspecified atom stereocenters. The van der Waals surface area contributed by atoms with Gasteiger partial charge >= 0.3 is 0 Å². The van der Waals surface area contributed by atoms with Gasteiger partial charge in [0.2, 0.25) is 0 Å². The molecule has 110 valence electrons. The molecule has 0 bridgehead atoms. The summed E-state index contributed by atoms with van der Waals surface area (Å²) in [7, 11) is 3.52. The molecule has 0 saturated heterocycles. The third-order valence-electron chi connectivity index (χ3n) is 3.25. The van der Waals surface area contributed by atoms with Crippen LogP contribution in [-0.2, 0) is 9.47 Å². The minimum atomic E-state index is 0.567. The predicted molar refractivity (Wildman–Crippen MR) is 77.2 cm³/mol. The minimum Gasteiger partial charge on any atom is -0.385 e. The van der Waals surface area contributed by atoms with Gasteiger partial charge in [0.15, 0.2) is 0 Å². The van der Waals surface area contributed by atoms with Crippen LogP contribution in [0.5, 0.6) is 0 Å². The Morgan fingerprint density at radius 3 is 2.28 bits per heavy atom.